The van der Waals surface area contributed by atoms with Crippen molar-refractivity contribution >= 4 is 0 Å². The van der Waals surface area contributed by atoms with Crippen LogP contribution in [-0.4, -0.2) is 62.0 Å². The Morgan fingerprint density at radius 3 is 3.06 bits per heavy atom. The maximum atomic E-state index is 9.72. The summed E-state index contributed by atoms with van der Waals surface area (Å²) >= 11 is 0. The van der Waals surface area contributed by atoms with Crippen LogP contribution < -0.4 is 5.32 Å². The molecule has 0 spiro atoms. The van der Waals surface area contributed by atoms with Crippen molar-refractivity contribution in [3.8, 4) is 0 Å². The topological polar surface area (TPSA) is 44.7 Å². The number of β-amino-alcohol motifs (C(OH)–C–C–N with tert-alkyl or cyclic N) is 1. The van der Waals surface area contributed by atoms with Crippen LogP contribution in [0.25, 0.3) is 0 Å². The monoisotopic (exact) mass is 230 g/mol. The molecule has 4 nitrogen and oxygen atoms in total. The maximum Gasteiger partial charge on any atom is 0.0791 e. The molecule has 2 N–H and O–H groups in total. The lowest BCUT2D eigenvalue weighted by Gasteiger charge is -2.33. The third kappa shape index (κ3) is 5.25. The summed E-state index contributed by atoms with van der Waals surface area (Å²) in [6.45, 7) is 6.48. The number of hydrogen-bond acceptors (Lipinski definition) is 4. The molecule has 1 aliphatic rings. The summed E-state index contributed by atoms with van der Waals surface area (Å²) in [5, 5.41) is 12.7. The number of aliphatic hydroxyl groups is 1. The van der Waals surface area contributed by atoms with E-state index in [9.17, 15) is 5.11 Å². The molecule has 96 valence electrons. The minimum absolute atomic E-state index is 0.269. The van der Waals surface area contributed by atoms with E-state index in [1.165, 1.54) is 12.8 Å². The van der Waals surface area contributed by atoms with Gasteiger partial charge in [0, 0.05) is 26.2 Å². The quantitative estimate of drug-likeness (QED) is 0.667. The van der Waals surface area contributed by atoms with Crippen LogP contribution in [0.5, 0.6) is 0 Å². The Balaban J connectivity index is 2.21. The largest absolute Gasteiger partial charge is 0.390 e. The molecule has 1 saturated heterocycles. The summed E-state index contributed by atoms with van der Waals surface area (Å²) in [5.74, 6) is 0. The highest BCUT2D eigenvalue weighted by Crippen LogP contribution is 2.13. The molecule has 0 radical (unpaired) electrons. The highest BCUT2D eigenvalue weighted by molar-refractivity contribution is 4.75. The molecule has 4 heteroatoms. The van der Waals surface area contributed by atoms with Crippen molar-refractivity contribution in [2.75, 3.05) is 39.8 Å². The molecule has 1 fully saturated rings. The average Bonchev–Trinajstić information content (AvgIpc) is 2.27. The van der Waals surface area contributed by atoms with Crippen LogP contribution in [-0.2, 0) is 4.74 Å². The van der Waals surface area contributed by atoms with Gasteiger partial charge in [0.05, 0.1) is 12.2 Å². The third-order valence-electron chi connectivity index (χ3n) is 2.93. The molecule has 0 amide bonds. The van der Waals surface area contributed by atoms with Crippen LogP contribution in [0.1, 0.15) is 26.2 Å². The second-order valence-corrected chi connectivity index (χ2v) is 4.61. The van der Waals surface area contributed by atoms with Gasteiger partial charge < -0.3 is 15.2 Å². The average molecular weight is 230 g/mol. The van der Waals surface area contributed by atoms with E-state index in [1.54, 1.807) is 0 Å². The van der Waals surface area contributed by atoms with Crippen molar-refractivity contribution in [1.29, 1.82) is 0 Å². The van der Waals surface area contributed by atoms with Crippen LogP contribution in [0.15, 0.2) is 0 Å². The van der Waals surface area contributed by atoms with Gasteiger partial charge in [-0.15, -0.1) is 0 Å². The summed E-state index contributed by atoms with van der Waals surface area (Å²) in [7, 11) is 1.87. The van der Waals surface area contributed by atoms with Gasteiger partial charge >= 0.3 is 0 Å². The Kier molecular flexibility index (Phi) is 6.96. The molecule has 0 aromatic rings. The van der Waals surface area contributed by atoms with Gasteiger partial charge in [-0.1, -0.05) is 6.92 Å². The molecule has 1 aliphatic heterocycles. The zero-order chi connectivity index (χ0) is 11.8. The molecule has 0 aromatic heterocycles. The van der Waals surface area contributed by atoms with E-state index in [1.807, 2.05) is 7.05 Å². The predicted octanol–water partition coefficient (Wildman–Crippen LogP) is 0.458. The van der Waals surface area contributed by atoms with Gasteiger partial charge in [0.15, 0.2) is 0 Å². The van der Waals surface area contributed by atoms with Crippen LogP contribution in [0, 0.1) is 0 Å². The molecule has 0 saturated carbocycles. The molecular weight excluding hydrogens is 204 g/mol. The molecule has 1 rings (SSSR count). The summed E-state index contributed by atoms with van der Waals surface area (Å²) in [5.41, 5.74) is 0. The van der Waals surface area contributed by atoms with E-state index >= 15 is 0 Å². The minimum atomic E-state index is -0.269. The molecule has 0 aliphatic carbocycles. The Hall–Kier alpha value is -0.160. The minimum Gasteiger partial charge on any atom is -0.390 e. The van der Waals surface area contributed by atoms with Crippen LogP contribution >= 0.6 is 0 Å². The Labute approximate surface area is 99.0 Å². The van der Waals surface area contributed by atoms with E-state index in [2.05, 4.69) is 17.1 Å². The van der Waals surface area contributed by atoms with Gasteiger partial charge in [0.2, 0.25) is 0 Å². The van der Waals surface area contributed by atoms with Gasteiger partial charge in [-0.2, -0.15) is 0 Å². The zero-order valence-electron chi connectivity index (χ0n) is 10.6. The molecule has 0 bridgehead atoms. The smallest absolute Gasteiger partial charge is 0.0791 e. The van der Waals surface area contributed by atoms with Crippen molar-refractivity contribution in [1.82, 2.24) is 10.2 Å². The van der Waals surface area contributed by atoms with E-state index < -0.39 is 0 Å². The lowest BCUT2D eigenvalue weighted by molar-refractivity contribution is -0.0113. The van der Waals surface area contributed by atoms with Gasteiger partial charge in [-0.3, -0.25) is 4.90 Å². The normalized spacial score (nSPS) is 24.6. The Bertz CT molecular complexity index is 178. The summed E-state index contributed by atoms with van der Waals surface area (Å²) in [4.78, 5) is 2.31. The number of piperidine rings is 1. The Morgan fingerprint density at radius 1 is 1.56 bits per heavy atom. The van der Waals surface area contributed by atoms with Gasteiger partial charge in [0.1, 0.15) is 0 Å². The fourth-order valence-electron chi connectivity index (χ4n) is 2.20. The number of ether oxygens (including phenoxy) is 1. The second kappa shape index (κ2) is 8.01. The van der Waals surface area contributed by atoms with Crippen LogP contribution in [0.3, 0.4) is 0 Å². The van der Waals surface area contributed by atoms with Gasteiger partial charge in [-0.25, -0.2) is 0 Å². The molecule has 2 atom stereocenters. The number of rotatable bonds is 7. The summed E-state index contributed by atoms with van der Waals surface area (Å²) < 4.78 is 5.76. The SMILES string of the molecule is CCCOC1CCCN(CC(O)CNC)C1. The van der Waals surface area contributed by atoms with Crippen LogP contribution in [0.4, 0.5) is 0 Å². The summed E-state index contributed by atoms with van der Waals surface area (Å²) in [6.07, 6.45) is 3.53. The first kappa shape index (κ1) is 13.9. The highest BCUT2D eigenvalue weighted by Gasteiger charge is 2.21. The third-order valence-corrected chi connectivity index (χ3v) is 2.93. The van der Waals surface area contributed by atoms with E-state index in [0.29, 0.717) is 12.6 Å². The van der Waals surface area contributed by atoms with Crippen LogP contribution in [0.2, 0.25) is 0 Å². The van der Waals surface area contributed by atoms with Crippen molar-refractivity contribution < 1.29 is 9.84 Å². The number of likely N-dealkylation sites (tertiary alicyclic amines) is 1. The molecule has 16 heavy (non-hydrogen) atoms. The zero-order valence-corrected chi connectivity index (χ0v) is 10.6. The molecular formula is C12H26N2O2. The number of nitrogens with one attached hydrogen (secondary N) is 1. The predicted molar refractivity (Wildman–Crippen MR) is 65.6 cm³/mol. The van der Waals surface area contributed by atoms with E-state index in [4.69, 9.17) is 4.74 Å². The number of hydrogen-bond donors (Lipinski definition) is 2. The number of nitrogens with zero attached hydrogens (tertiary/aromatic N) is 1. The fourth-order valence-corrected chi connectivity index (χ4v) is 2.20. The van der Waals surface area contributed by atoms with E-state index in [0.717, 1.165) is 32.7 Å². The molecule has 2 unspecified atom stereocenters. The summed E-state index contributed by atoms with van der Waals surface area (Å²) in [6, 6.07) is 0. The van der Waals surface area contributed by atoms with Gasteiger partial charge in [0.25, 0.3) is 0 Å². The maximum absolute atomic E-state index is 9.72. The number of likely N-dealkylation sites (N-methyl/N-ethyl adjacent to an activating group) is 1. The van der Waals surface area contributed by atoms with Crippen molar-refractivity contribution in [3.05, 3.63) is 0 Å². The molecule has 0 aromatic carbocycles. The first-order chi connectivity index (χ1) is 7.76. The Morgan fingerprint density at radius 2 is 2.38 bits per heavy atom. The van der Waals surface area contributed by atoms with E-state index in [-0.39, 0.29) is 6.10 Å². The number of aliphatic hydroxyl groups excluding tert-OH is 1. The van der Waals surface area contributed by atoms with Gasteiger partial charge in [-0.05, 0) is 32.9 Å². The van der Waals surface area contributed by atoms with Crippen molar-refractivity contribution in [2.24, 2.45) is 0 Å². The standard InChI is InChI=1S/C12H26N2O2/c1-3-7-16-12-5-4-6-14(10-12)9-11(15)8-13-2/h11-13,15H,3-10H2,1-2H3. The van der Waals surface area contributed by atoms with Crippen molar-refractivity contribution in [3.63, 3.8) is 0 Å². The first-order valence-electron chi connectivity index (χ1n) is 6.42. The lowest BCUT2D eigenvalue weighted by atomic mass is 10.1. The fraction of sp³-hybridized carbons (Fsp3) is 1.00. The first-order valence-corrected chi connectivity index (χ1v) is 6.42. The highest BCUT2D eigenvalue weighted by atomic mass is 16.5. The molecule has 1 heterocycles. The second-order valence-electron chi connectivity index (χ2n) is 4.61. The lowest BCUT2D eigenvalue weighted by Crippen LogP contribution is -2.45. The van der Waals surface area contributed by atoms with Crippen molar-refractivity contribution in [2.45, 2.75) is 38.4 Å².